The fourth-order valence-electron chi connectivity index (χ4n) is 2.68. The molecule has 0 bridgehead atoms. The molecule has 0 radical (unpaired) electrons. The zero-order valence-electron chi connectivity index (χ0n) is 12.1. The van der Waals surface area contributed by atoms with Gasteiger partial charge in [0.25, 0.3) is 5.91 Å². The molecular formula is C14H20N2O4. The molecule has 0 saturated carbocycles. The number of nitrogens with zero attached hydrogens (tertiary/aromatic N) is 2. The van der Waals surface area contributed by atoms with Crippen molar-refractivity contribution in [3.8, 4) is 0 Å². The van der Waals surface area contributed by atoms with Crippen molar-refractivity contribution in [2.24, 2.45) is 5.41 Å². The number of carbonyl (C=O) groups excluding carboxylic acids is 1. The molecule has 1 saturated heterocycles. The highest BCUT2D eigenvalue weighted by atomic mass is 16.5. The summed E-state index contributed by atoms with van der Waals surface area (Å²) < 4.78 is 5.08. The second-order valence-corrected chi connectivity index (χ2v) is 5.61. The smallest absolute Gasteiger partial charge is 0.311 e. The van der Waals surface area contributed by atoms with Gasteiger partial charge in [0.2, 0.25) is 0 Å². The van der Waals surface area contributed by atoms with E-state index in [0.717, 1.165) is 0 Å². The number of aliphatic carboxylic acids is 1. The topological polar surface area (TPSA) is 83.6 Å². The first-order chi connectivity index (χ1) is 9.39. The van der Waals surface area contributed by atoms with Crippen molar-refractivity contribution in [2.75, 3.05) is 13.1 Å². The Bertz CT molecular complexity index is 537. The predicted molar refractivity (Wildman–Crippen MR) is 71.5 cm³/mol. The molecule has 0 aliphatic carbocycles. The molecule has 1 unspecified atom stereocenters. The Morgan fingerprint density at radius 3 is 2.80 bits per heavy atom. The number of amides is 1. The molecule has 110 valence electrons. The van der Waals surface area contributed by atoms with Gasteiger partial charge in [0, 0.05) is 13.1 Å². The molecule has 2 rings (SSSR count). The van der Waals surface area contributed by atoms with Gasteiger partial charge in [-0.05, 0) is 33.1 Å². The first kappa shape index (κ1) is 14.6. The van der Waals surface area contributed by atoms with Crippen LogP contribution in [0, 0.1) is 12.3 Å². The van der Waals surface area contributed by atoms with Crippen LogP contribution >= 0.6 is 0 Å². The normalized spacial score (nSPS) is 22.9. The van der Waals surface area contributed by atoms with Crippen LogP contribution in [0.25, 0.3) is 0 Å². The average Bonchev–Trinajstić information content (AvgIpc) is 2.79. The molecule has 1 aromatic rings. The van der Waals surface area contributed by atoms with Gasteiger partial charge < -0.3 is 14.5 Å². The molecule has 6 nitrogen and oxygen atoms in total. The fraction of sp³-hybridized carbons (Fsp3) is 0.643. The van der Waals surface area contributed by atoms with E-state index in [1.807, 2.05) is 6.92 Å². The van der Waals surface area contributed by atoms with E-state index in [2.05, 4.69) is 5.16 Å². The molecule has 0 aromatic carbocycles. The van der Waals surface area contributed by atoms with Crippen LogP contribution in [0.1, 0.15) is 48.5 Å². The minimum absolute atomic E-state index is 0.173. The second kappa shape index (κ2) is 5.26. The van der Waals surface area contributed by atoms with Gasteiger partial charge in [-0.3, -0.25) is 9.59 Å². The highest BCUT2D eigenvalue weighted by Crippen LogP contribution is 2.31. The van der Waals surface area contributed by atoms with Crippen molar-refractivity contribution in [1.82, 2.24) is 10.1 Å². The summed E-state index contributed by atoms with van der Waals surface area (Å²) in [6, 6.07) is 0. The second-order valence-electron chi connectivity index (χ2n) is 5.61. The zero-order valence-corrected chi connectivity index (χ0v) is 12.1. The van der Waals surface area contributed by atoms with Crippen LogP contribution in [0.4, 0.5) is 0 Å². The maximum Gasteiger partial charge on any atom is 0.311 e. The van der Waals surface area contributed by atoms with E-state index in [1.54, 1.807) is 18.7 Å². The van der Waals surface area contributed by atoms with Crippen molar-refractivity contribution in [3.05, 3.63) is 17.0 Å². The molecule has 1 fully saturated rings. The highest BCUT2D eigenvalue weighted by molar-refractivity contribution is 5.96. The van der Waals surface area contributed by atoms with E-state index in [-0.39, 0.29) is 12.5 Å². The number of hydrogen-bond acceptors (Lipinski definition) is 4. The lowest BCUT2D eigenvalue weighted by atomic mass is 9.82. The highest BCUT2D eigenvalue weighted by Gasteiger charge is 2.40. The molecular weight excluding hydrogens is 260 g/mol. The zero-order chi connectivity index (χ0) is 14.9. The van der Waals surface area contributed by atoms with Gasteiger partial charge >= 0.3 is 5.97 Å². The molecule has 20 heavy (non-hydrogen) atoms. The number of aromatic nitrogens is 1. The Morgan fingerprint density at radius 2 is 2.20 bits per heavy atom. The first-order valence-corrected chi connectivity index (χ1v) is 6.87. The largest absolute Gasteiger partial charge is 0.481 e. The van der Waals surface area contributed by atoms with Crippen LogP contribution in [-0.2, 0) is 11.2 Å². The minimum Gasteiger partial charge on any atom is -0.481 e. The van der Waals surface area contributed by atoms with Gasteiger partial charge in [-0.1, -0.05) is 12.1 Å². The van der Waals surface area contributed by atoms with Gasteiger partial charge in [0.15, 0.2) is 0 Å². The van der Waals surface area contributed by atoms with Crippen molar-refractivity contribution >= 4 is 11.9 Å². The van der Waals surface area contributed by atoms with Gasteiger partial charge in [-0.15, -0.1) is 0 Å². The number of rotatable bonds is 3. The fourth-order valence-corrected chi connectivity index (χ4v) is 2.68. The monoisotopic (exact) mass is 280 g/mol. The lowest BCUT2D eigenvalue weighted by Gasteiger charge is -2.37. The standard InChI is InChI=1S/C14H20N2O4/c1-4-10-11(9(2)20-15-10)12(17)16-7-5-6-14(3,8-16)13(18)19/h4-8H2,1-3H3,(H,18,19). The maximum absolute atomic E-state index is 12.6. The lowest BCUT2D eigenvalue weighted by molar-refractivity contribution is -0.150. The summed E-state index contributed by atoms with van der Waals surface area (Å²) in [6.45, 7) is 6.12. The van der Waals surface area contributed by atoms with Gasteiger partial charge in [-0.2, -0.15) is 0 Å². The number of likely N-dealkylation sites (tertiary alicyclic amines) is 1. The molecule has 2 heterocycles. The summed E-state index contributed by atoms with van der Waals surface area (Å²) in [7, 11) is 0. The lowest BCUT2D eigenvalue weighted by Crippen LogP contribution is -2.48. The molecule has 1 aliphatic heterocycles. The van der Waals surface area contributed by atoms with Crippen molar-refractivity contribution < 1.29 is 19.2 Å². The quantitative estimate of drug-likeness (QED) is 0.913. The number of carboxylic acids is 1. The Balaban J connectivity index is 2.25. The van der Waals surface area contributed by atoms with Crippen molar-refractivity contribution in [1.29, 1.82) is 0 Å². The Labute approximate surface area is 117 Å². The van der Waals surface area contributed by atoms with Crippen LogP contribution in [0.2, 0.25) is 0 Å². The summed E-state index contributed by atoms with van der Waals surface area (Å²) in [4.78, 5) is 25.6. The summed E-state index contributed by atoms with van der Waals surface area (Å²) >= 11 is 0. The third-order valence-electron chi connectivity index (χ3n) is 3.98. The van der Waals surface area contributed by atoms with Crippen molar-refractivity contribution in [2.45, 2.75) is 40.0 Å². The van der Waals surface area contributed by atoms with E-state index in [4.69, 9.17) is 4.52 Å². The van der Waals surface area contributed by atoms with Gasteiger partial charge in [0.1, 0.15) is 11.3 Å². The number of piperidine rings is 1. The Kier molecular flexibility index (Phi) is 3.83. The van der Waals surface area contributed by atoms with E-state index >= 15 is 0 Å². The van der Waals surface area contributed by atoms with E-state index in [0.29, 0.717) is 42.8 Å². The van der Waals surface area contributed by atoms with Crippen LogP contribution < -0.4 is 0 Å². The molecule has 1 atom stereocenters. The predicted octanol–water partition coefficient (Wildman–Crippen LogP) is 1.87. The van der Waals surface area contributed by atoms with Crippen LogP contribution in [-0.4, -0.2) is 40.1 Å². The molecule has 1 aromatic heterocycles. The van der Waals surface area contributed by atoms with Crippen molar-refractivity contribution in [3.63, 3.8) is 0 Å². The number of aryl methyl sites for hydroxylation is 2. The average molecular weight is 280 g/mol. The molecule has 6 heteroatoms. The van der Waals surface area contributed by atoms with E-state index < -0.39 is 11.4 Å². The Hall–Kier alpha value is -1.85. The van der Waals surface area contributed by atoms with E-state index in [9.17, 15) is 14.7 Å². The summed E-state index contributed by atoms with van der Waals surface area (Å²) in [5, 5.41) is 13.2. The van der Waals surface area contributed by atoms with Crippen LogP contribution in [0.15, 0.2) is 4.52 Å². The summed E-state index contributed by atoms with van der Waals surface area (Å²) in [5.41, 5.74) is 0.253. The summed E-state index contributed by atoms with van der Waals surface area (Å²) in [5.74, 6) is -0.532. The molecule has 1 amide bonds. The third kappa shape index (κ3) is 2.42. The SMILES string of the molecule is CCc1noc(C)c1C(=O)N1CCCC(C)(C(=O)O)C1. The number of hydrogen-bond donors (Lipinski definition) is 1. The Morgan fingerprint density at radius 1 is 1.50 bits per heavy atom. The molecule has 1 N–H and O–H groups in total. The summed E-state index contributed by atoms with van der Waals surface area (Å²) in [6.07, 6.45) is 1.90. The minimum atomic E-state index is -0.870. The van der Waals surface area contributed by atoms with Crippen LogP contribution in [0.5, 0.6) is 0 Å². The van der Waals surface area contributed by atoms with Gasteiger partial charge in [0.05, 0.1) is 11.1 Å². The third-order valence-corrected chi connectivity index (χ3v) is 3.98. The van der Waals surface area contributed by atoms with Crippen LogP contribution in [0.3, 0.4) is 0 Å². The maximum atomic E-state index is 12.6. The van der Waals surface area contributed by atoms with E-state index in [1.165, 1.54) is 0 Å². The molecule has 1 aliphatic rings. The number of carboxylic acid groups (broad SMARTS) is 1. The van der Waals surface area contributed by atoms with Gasteiger partial charge in [-0.25, -0.2) is 0 Å². The number of carbonyl (C=O) groups is 2. The molecule has 0 spiro atoms. The first-order valence-electron chi connectivity index (χ1n) is 6.87.